The highest BCUT2D eigenvalue weighted by Gasteiger charge is 2.21. The molecule has 2 aromatic carbocycles. The standard InChI is InChI=1S/C17H20BrN3O3S.ClH/c1-24-17-7-6-13(12-16(17)21-10-8-19-9-11-21)25(22,23)20-15-5-3-2-4-14(15)18;/h2-7,12,19-20H,8-11H2,1H3;1H. The molecule has 26 heavy (non-hydrogen) atoms. The first kappa shape index (κ1) is 20.8. The zero-order chi connectivity index (χ0) is 17.9. The van der Waals surface area contributed by atoms with E-state index >= 15 is 0 Å². The van der Waals surface area contributed by atoms with Gasteiger partial charge in [0.2, 0.25) is 0 Å². The molecule has 1 fully saturated rings. The highest BCUT2D eigenvalue weighted by Crippen LogP contribution is 2.32. The number of nitrogens with one attached hydrogen (secondary N) is 2. The Labute approximate surface area is 168 Å². The Morgan fingerprint density at radius 1 is 1.15 bits per heavy atom. The quantitative estimate of drug-likeness (QED) is 0.714. The van der Waals surface area contributed by atoms with Gasteiger partial charge in [0.15, 0.2) is 0 Å². The number of benzene rings is 2. The van der Waals surface area contributed by atoms with Crippen LogP contribution in [0.1, 0.15) is 0 Å². The molecule has 0 saturated carbocycles. The van der Waals surface area contributed by atoms with Gasteiger partial charge in [-0.3, -0.25) is 4.72 Å². The highest BCUT2D eigenvalue weighted by molar-refractivity contribution is 9.10. The maximum absolute atomic E-state index is 12.8. The lowest BCUT2D eigenvalue weighted by molar-refractivity contribution is 0.412. The zero-order valence-corrected chi connectivity index (χ0v) is 17.5. The second-order valence-corrected chi connectivity index (χ2v) is 8.19. The number of para-hydroxylation sites is 1. The lowest BCUT2D eigenvalue weighted by Gasteiger charge is -2.30. The number of rotatable bonds is 5. The summed E-state index contributed by atoms with van der Waals surface area (Å²) in [7, 11) is -2.11. The van der Waals surface area contributed by atoms with Crippen molar-refractivity contribution >= 4 is 49.7 Å². The van der Waals surface area contributed by atoms with E-state index < -0.39 is 10.0 Å². The van der Waals surface area contributed by atoms with Gasteiger partial charge in [0.05, 0.1) is 23.4 Å². The van der Waals surface area contributed by atoms with Crippen LogP contribution in [-0.2, 0) is 10.0 Å². The number of nitrogens with zero attached hydrogens (tertiary/aromatic N) is 1. The summed E-state index contributed by atoms with van der Waals surface area (Å²) in [5, 5.41) is 3.29. The van der Waals surface area contributed by atoms with Gasteiger partial charge in [0, 0.05) is 30.7 Å². The number of ether oxygens (including phenoxy) is 1. The Hall–Kier alpha value is -1.48. The fourth-order valence-corrected chi connectivity index (χ4v) is 4.35. The molecule has 1 saturated heterocycles. The Morgan fingerprint density at radius 3 is 2.50 bits per heavy atom. The zero-order valence-electron chi connectivity index (χ0n) is 14.2. The molecular weight excluding hydrogens is 442 g/mol. The van der Waals surface area contributed by atoms with E-state index in [1.807, 2.05) is 6.07 Å². The van der Waals surface area contributed by atoms with Crippen molar-refractivity contribution in [3.05, 3.63) is 46.9 Å². The van der Waals surface area contributed by atoms with E-state index in [1.165, 1.54) is 0 Å². The molecule has 0 amide bonds. The average Bonchev–Trinajstić information content (AvgIpc) is 2.63. The first-order valence-electron chi connectivity index (χ1n) is 7.92. The molecule has 9 heteroatoms. The van der Waals surface area contributed by atoms with Gasteiger partial charge in [0.25, 0.3) is 10.0 Å². The van der Waals surface area contributed by atoms with E-state index in [1.54, 1.807) is 43.5 Å². The van der Waals surface area contributed by atoms with Crippen molar-refractivity contribution in [2.75, 3.05) is 42.9 Å². The molecule has 0 atom stereocenters. The van der Waals surface area contributed by atoms with Crippen molar-refractivity contribution in [3.63, 3.8) is 0 Å². The first-order chi connectivity index (χ1) is 12.0. The van der Waals surface area contributed by atoms with Crippen molar-refractivity contribution in [1.82, 2.24) is 5.32 Å². The van der Waals surface area contributed by atoms with Crippen molar-refractivity contribution < 1.29 is 13.2 Å². The summed E-state index contributed by atoms with van der Waals surface area (Å²) in [5.41, 5.74) is 1.29. The lowest BCUT2D eigenvalue weighted by Crippen LogP contribution is -2.43. The third kappa shape index (κ3) is 4.62. The molecule has 1 heterocycles. The predicted molar refractivity (Wildman–Crippen MR) is 110 cm³/mol. The van der Waals surface area contributed by atoms with Crippen LogP contribution in [0.3, 0.4) is 0 Å². The molecule has 1 aliphatic rings. The van der Waals surface area contributed by atoms with Gasteiger partial charge in [0.1, 0.15) is 5.75 Å². The molecule has 1 aliphatic heterocycles. The van der Waals surface area contributed by atoms with Gasteiger partial charge in [-0.1, -0.05) is 12.1 Å². The van der Waals surface area contributed by atoms with Crippen LogP contribution in [0.4, 0.5) is 11.4 Å². The van der Waals surface area contributed by atoms with Crippen LogP contribution >= 0.6 is 28.3 Å². The lowest BCUT2D eigenvalue weighted by atomic mass is 10.2. The van der Waals surface area contributed by atoms with Gasteiger partial charge in [-0.25, -0.2) is 8.42 Å². The summed E-state index contributed by atoms with van der Waals surface area (Å²) in [6.45, 7) is 3.32. The topological polar surface area (TPSA) is 70.7 Å². The molecule has 3 rings (SSSR count). The number of halogens is 2. The Bertz CT molecular complexity index is 858. The summed E-state index contributed by atoms with van der Waals surface area (Å²) in [6.07, 6.45) is 0. The van der Waals surface area contributed by atoms with E-state index in [4.69, 9.17) is 4.74 Å². The third-order valence-electron chi connectivity index (χ3n) is 4.04. The Kier molecular flexibility index (Phi) is 7.16. The van der Waals surface area contributed by atoms with Crippen LogP contribution < -0.4 is 19.7 Å². The second-order valence-electron chi connectivity index (χ2n) is 5.66. The normalized spacial score (nSPS) is 14.5. The molecule has 0 aromatic heterocycles. The van der Waals surface area contributed by atoms with Crippen LogP contribution in [0.25, 0.3) is 0 Å². The molecule has 142 valence electrons. The van der Waals surface area contributed by atoms with Gasteiger partial charge >= 0.3 is 0 Å². The maximum atomic E-state index is 12.8. The fourth-order valence-electron chi connectivity index (χ4n) is 2.74. The molecule has 0 aliphatic carbocycles. The van der Waals surface area contributed by atoms with Crippen molar-refractivity contribution in [2.45, 2.75) is 4.90 Å². The molecule has 0 radical (unpaired) electrons. The Balaban J connectivity index is 0.00000243. The first-order valence-corrected chi connectivity index (χ1v) is 10.2. The van der Waals surface area contributed by atoms with E-state index in [2.05, 4.69) is 30.9 Å². The fraction of sp³-hybridized carbons (Fsp3) is 0.294. The molecule has 0 bridgehead atoms. The van der Waals surface area contributed by atoms with E-state index in [0.717, 1.165) is 31.9 Å². The van der Waals surface area contributed by atoms with Gasteiger partial charge in [-0.05, 0) is 46.3 Å². The molecular formula is C17H21BrClN3O3S. The molecule has 6 nitrogen and oxygen atoms in total. The molecule has 2 aromatic rings. The molecule has 0 spiro atoms. The minimum atomic E-state index is -3.70. The highest BCUT2D eigenvalue weighted by atomic mass is 79.9. The minimum absolute atomic E-state index is 0. The van der Waals surface area contributed by atoms with E-state index in [9.17, 15) is 8.42 Å². The minimum Gasteiger partial charge on any atom is -0.495 e. The van der Waals surface area contributed by atoms with Crippen molar-refractivity contribution in [1.29, 1.82) is 0 Å². The average molecular weight is 463 g/mol. The summed E-state index contributed by atoms with van der Waals surface area (Å²) in [5.74, 6) is 0.668. The van der Waals surface area contributed by atoms with Gasteiger partial charge in [-0.2, -0.15) is 0 Å². The van der Waals surface area contributed by atoms with E-state index in [0.29, 0.717) is 15.9 Å². The number of methoxy groups -OCH3 is 1. The number of hydrogen-bond donors (Lipinski definition) is 2. The van der Waals surface area contributed by atoms with Crippen molar-refractivity contribution in [2.24, 2.45) is 0 Å². The largest absolute Gasteiger partial charge is 0.495 e. The third-order valence-corrected chi connectivity index (χ3v) is 6.09. The molecule has 2 N–H and O–H groups in total. The molecule has 0 unspecified atom stereocenters. The summed E-state index contributed by atoms with van der Waals surface area (Å²) in [6, 6.07) is 12.0. The number of anilines is 2. The summed E-state index contributed by atoms with van der Waals surface area (Å²) >= 11 is 3.36. The Morgan fingerprint density at radius 2 is 1.85 bits per heavy atom. The van der Waals surface area contributed by atoms with Gasteiger partial charge in [-0.15, -0.1) is 12.4 Å². The predicted octanol–water partition coefficient (Wildman–Crippen LogP) is 3.09. The van der Waals surface area contributed by atoms with Crippen LogP contribution in [0.15, 0.2) is 51.8 Å². The maximum Gasteiger partial charge on any atom is 0.262 e. The van der Waals surface area contributed by atoms with Crippen LogP contribution in [0.5, 0.6) is 5.75 Å². The van der Waals surface area contributed by atoms with Gasteiger partial charge < -0.3 is 15.0 Å². The number of sulfonamides is 1. The SMILES string of the molecule is COc1ccc(S(=O)(=O)Nc2ccccc2Br)cc1N1CCNCC1.Cl. The summed E-state index contributed by atoms with van der Waals surface area (Å²) in [4.78, 5) is 2.34. The van der Waals surface area contributed by atoms with Crippen molar-refractivity contribution in [3.8, 4) is 5.75 Å². The van der Waals surface area contributed by atoms with E-state index in [-0.39, 0.29) is 17.3 Å². The van der Waals surface area contributed by atoms with Crippen LogP contribution in [0, 0.1) is 0 Å². The van der Waals surface area contributed by atoms with Crippen LogP contribution in [-0.4, -0.2) is 41.7 Å². The smallest absolute Gasteiger partial charge is 0.262 e. The second kappa shape index (κ2) is 8.94. The summed E-state index contributed by atoms with van der Waals surface area (Å²) < 4.78 is 34.3. The monoisotopic (exact) mass is 461 g/mol. The number of piperazine rings is 1. The number of hydrogen-bond acceptors (Lipinski definition) is 5. The van der Waals surface area contributed by atoms with Crippen LogP contribution in [0.2, 0.25) is 0 Å².